The summed E-state index contributed by atoms with van der Waals surface area (Å²) < 4.78 is 1.19. The molecule has 1 aliphatic carbocycles. The first-order chi connectivity index (χ1) is 13.3. The molecule has 1 saturated carbocycles. The van der Waals surface area contributed by atoms with Crippen LogP contribution in [0.5, 0.6) is 0 Å². The molecule has 1 aromatic carbocycles. The monoisotopic (exact) mass is 397 g/mol. The van der Waals surface area contributed by atoms with Gasteiger partial charge in [0.25, 0.3) is 5.91 Å². The number of fused-ring (bicyclic) bond motifs is 1. The van der Waals surface area contributed by atoms with E-state index in [0.717, 1.165) is 52.5 Å². The Morgan fingerprint density at radius 2 is 1.74 bits per heavy atom. The number of carbonyl (C=O) groups is 1. The lowest BCUT2D eigenvalue weighted by Gasteiger charge is -2.37. The second kappa shape index (κ2) is 7.34. The van der Waals surface area contributed by atoms with Crippen LogP contribution in [0.3, 0.4) is 0 Å². The van der Waals surface area contributed by atoms with Crippen LogP contribution in [0.2, 0.25) is 0 Å². The predicted octanol–water partition coefficient (Wildman–Crippen LogP) is 4.73. The summed E-state index contributed by atoms with van der Waals surface area (Å²) in [5.74, 6) is 0.179. The van der Waals surface area contributed by atoms with Crippen molar-refractivity contribution in [3.8, 4) is 9.88 Å². The van der Waals surface area contributed by atoms with Crippen molar-refractivity contribution in [1.29, 1.82) is 0 Å². The summed E-state index contributed by atoms with van der Waals surface area (Å²) in [5.41, 5.74) is 1.03. The quantitative estimate of drug-likeness (QED) is 0.641. The van der Waals surface area contributed by atoms with Crippen LogP contribution in [0.25, 0.3) is 20.1 Å². The molecule has 6 heteroatoms. The number of thiophene rings is 1. The average Bonchev–Trinajstić information content (AvgIpc) is 3.47. The maximum atomic E-state index is 12.9. The molecule has 0 unspecified atom stereocenters. The van der Waals surface area contributed by atoms with Gasteiger partial charge in [-0.1, -0.05) is 25.0 Å². The number of aromatic nitrogens is 1. The van der Waals surface area contributed by atoms with Gasteiger partial charge >= 0.3 is 0 Å². The van der Waals surface area contributed by atoms with E-state index in [9.17, 15) is 4.79 Å². The maximum Gasteiger partial charge on any atom is 0.264 e. The maximum absolute atomic E-state index is 12.9. The van der Waals surface area contributed by atoms with E-state index in [0.29, 0.717) is 0 Å². The van der Waals surface area contributed by atoms with Crippen LogP contribution in [0.4, 0.5) is 0 Å². The van der Waals surface area contributed by atoms with Gasteiger partial charge in [-0.15, -0.1) is 22.7 Å². The molecular weight excluding hydrogens is 374 g/mol. The van der Waals surface area contributed by atoms with Crippen molar-refractivity contribution < 1.29 is 4.79 Å². The van der Waals surface area contributed by atoms with Crippen molar-refractivity contribution in [2.24, 2.45) is 0 Å². The van der Waals surface area contributed by atoms with Gasteiger partial charge in [-0.25, -0.2) is 4.98 Å². The van der Waals surface area contributed by atoms with Gasteiger partial charge in [-0.2, -0.15) is 0 Å². The van der Waals surface area contributed by atoms with Crippen LogP contribution in [0.1, 0.15) is 35.4 Å². The number of carbonyl (C=O) groups excluding carboxylic acids is 1. The zero-order chi connectivity index (χ0) is 18.2. The van der Waals surface area contributed by atoms with Crippen molar-refractivity contribution >= 4 is 38.8 Å². The zero-order valence-electron chi connectivity index (χ0n) is 15.3. The Morgan fingerprint density at radius 3 is 2.52 bits per heavy atom. The molecule has 2 aromatic heterocycles. The molecule has 1 aliphatic heterocycles. The van der Waals surface area contributed by atoms with Crippen molar-refractivity contribution in [2.45, 2.75) is 31.7 Å². The van der Waals surface area contributed by atoms with Crippen molar-refractivity contribution in [2.75, 3.05) is 26.2 Å². The number of benzene rings is 1. The van der Waals surface area contributed by atoms with Gasteiger partial charge in [-0.3, -0.25) is 9.69 Å². The van der Waals surface area contributed by atoms with Crippen molar-refractivity contribution in [3.63, 3.8) is 0 Å². The highest BCUT2D eigenvalue weighted by molar-refractivity contribution is 7.26. The molecule has 0 spiro atoms. The average molecular weight is 398 g/mol. The molecule has 0 atom stereocenters. The third-order valence-electron chi connectivity index (χ3n) is 5.76. The summed E-state index contributed by atoms with van der Waals surface area (Å²) >= 11 is 3.27. The molecule has 3 aromatic rings. The number of thiazole rings is 1. The van der Waals surface area contributed by atoms with E-state index in [4.69, 9.17) is 4.98 Å². The van der Waals surface area contributed by atoms with E-state index < -0.39 is 0 Å². The van der Waals surface area contributed by atoms with Crippen LogP contribution in [0.15, 0.2) is 36.4 Å². The highest BCUT2D eigenvalue weighted by Gasteiger charge is 2.28. The molecule has 5 rings (SSSR count). The Labute approximate surface area is 167 Å². The third-order valence-corrected chi connectivity index (χ3v) is 8.04. The summed E-state index contributed by atoms with van der Waals surface area (Å²) in [4.78, 5) is 24.2. The van der Waals surface area contributed by atoms with E-state index in [-0.39, 0.29) is 5.91 Å². The van der Waals surface area contributed by atoms with Gasteiger partial charge in [0.05, 0.1) is 20.0 Å². The number of rotatable bonds is 3. The van der Waals surface area contributed by atoms with Crippen molar-refractivity contribution in [3.05, 3.63) is 41.3 Å². The van der Waals surface area contributed by atoms with E-state index >= 15 is 0 Å². The van der Waals surface area contributed by atoms with Crippen LogP contribution < -0.4 is 0 Å². The molecule has 1 saturated heterocycles. The molecule has 2 fully saturated rings. The second-order valence-corrected chi connectivity index (χ2v) is 9.53. The van der Waals surface area contributed by atoms with Gasteiger partial charge in [0, 0.05) is 32.2 Å². The van der Waals surface area contributed by atoms with Gasteiger partial charge < -0.3 is 4.90 Å². The van der Waals surface area contributed by atoms with Gasteiger partial charge in [0.1, 0.15) is 5.01 Å². The number of piperazine rings is 1. The highest BCUT2D eigenvalue weighted by Crippen LogP contribution is 2.35. The minimum atomic E-state index is 0.179. The lowest BCUT2D eigenvalue weighted by atomic mass is 10.2. The van der Waals surface area contributed by atoms with Gasteiger partial charge in [0.2, 0.25) is 0 Å². The van der Waals surface area contributed by atoms with E-state index in [2.05, 4.69) is 11.0 Å². The fraction of sp³-hybridized carbons (Fsp3) is 0.429. The Morgan fingerprint density at radius 1 is 0.963 bits per heavy atom. The number of para-hydroxylation sites is 1. The minimum Gasteiger partial charge on any atom is -0.335 e. The highest BCUT2D eigenvalue weighted by atomic mass is 32.1. The molecular formula is C21H23N3OS2. The van der Waals surface area contributed by atoms with Crippen LogP contribution in [-0.4, -0.2) is 52.9 Å². The van der Waals surface area contributed by atoms with Crippen molar-refractivity contribution in [1.82, 2.24) is 14.8 Å². The summed E-state index contributed by atoms with van der Waals surface area (Å²) in [6.45, 7) is 3.74. The molecule has 0 radical (unpaired) electrons. The van der Waals surface area contributed by atoms with Crippen LogP contribution in [0, 0.1) is 0 Å². The first-order valence-electron chi connectivity index (χ1n) is 9.77. The lowest BCUT2D eigenvalue weighted by Crippen LogP contribution is -2.51. The third kappa shape index (κ3) is 3.42. The molecule has 3 heterocycles. The second-order valence-electron chi connectivity index (χ2n) is 7.42. The standard InChI is InChI=1S/C21H23N3OS2/c25-21(24-13-11-23(12-14-24)15-5-1-2-6-15)19-10-9-18(26-19)20-22-16-7-3-4-8-17(16)27-20/h3-4,7-10,15H,1-2,5-6,11-14H2. The molecule has 0 bridgehead atoms. The molecule has 2 aliphatic rings. The predicted molar refractivity (Wildman–Crippen MR) is 113 cm³/mol. The SMILES string of the molecule is O=C(c1ccc(-c2nc3ccccc3s2)s1)N1CCN(C2CCCC2)CC1. The first kappa shape index (κ1) is 17.3. The molecule has 1 amide bonds. The molecule has 27 heavy (non-hydrogen) atoms. The summed E-state index contributed by atoms with van der Waals surface area (Å²) in [5, 5.41) is 1.01. The van der Waals surface area contributed by atoms with E-state index in [1.165, 1.54) is 30.4 Å². The minimum absolute atomic E-state index is 0.179. The molecule has 4 nitrogen and oxygen atoms in total. The Kier molecular flexibility index (Phi) is 4.71. The summed E-state index contributed by atoms with van der Waals surface area (Å²) in [6, 6.07) is 13.0. The fourth-order valence-electron chi connectivity index (χ4n) is 4.26. The normalized spacial score (nSPS) is 19.2. The Balaban J connectivity index is 1.27. The smallest absolute Gasteiger partial charge is 0.264 e. The van der Waals surface area contributed by atoms with E-state index in [1.54, 1.807) is 22.7 Å². The Bertz CT molecular complexity index is 916. The summed E-state index contributed by atoms with van der Waals surface area (Å²) in [6.07, 6.45) is 5.41. The number of amides is 1. The van der Waals surface area contributed by atoms with E-state index in [1.807, 2.05) is 35.2 Å². The van der Waals surface area contributed by atoms with Crippen LogP contribution in [-0.2, 0) is 0 Å². The largest absolute Gasteiger partial charge is 0.335 e. The lowest BCUT2D eigenvalue weighted by molar-refractivity contribution is 0.0578. The first-order valence-corrected chi connectivity index (χ1v) is 11.4. The number of hydrogen-bond acceptors (Lipinski definition) is 5. The molecule has 0 N–H and O–H groups in total. The Hall–Kier alpha value is -1.76. The fourth-order valence-corrected chi connectivity index (χ4v) is 6.26. The number of hydrogen-bond donors (Lipinski definition) is 0. The zero-order valence-corrected chi connectivity index (χ0v) is 16.9. The van der Waals surface area contributed by atoms with Gasteiger partial charge in [-0.05, 0) is 37.1 Å². The van der Waals surface area contributed by atoms with Crippen LogP contribution >= 0.6 is 22.7 Å². The van der Waals surface area contributed by atoms with Gasteiger partial charge in [0.15, 0.2) is 0 Å². The molecule has 140 valence electrons. The topological polar surface area (TPSA) is 36.4 Å². The summed E-state index contributed by atoms with van der Waals surface area (Å²) in [7, 11) is 0. The number of nitrogens with zero attached hydrogens (tertiary/aromatic N) is 3.